The van der Waals surface area contributed by atoms with Crippen LogP contribution < -0.4 is 9.64 Å². The summed E-state index contributed by atoms with van der Waals surface area (Å²) in [6, 6.07) is 7.53. The number of hydrogen-bond acceptors (Lipinski definition) is 5. The van der Waals surface area contributed by atoms with E-state index in [4.69, 9.17) is 4.74 Å². The molecule has 1 fully saturated rings. The van der Waals surface area contributed by atoms with Crippen molar-refractivity contribution in [2.24, 2.45) is 0 Å². The second-order valence-electron chi connectivity index (χ2n) is 8.03. The maximum absolute atomic E-state index is 12.9. The van der Waals surface area contributed by atoms with E-state index in [1.807, 2.05) is 29.2 Å². The van der Waals surface area contributed by atoms with E-state index in [1.54, 1.807) is 25.5 Å². The number of hydrogen-bond donors (Lipinski definition) is 0. The van der Waals surface area contributed by atoms with Crippen LogP contribution in [-0.4, -0.2) is 59.9 Å². The number of pyridine rings is 1. The third-order valence-electron chi connectivity index (χ3n) is 5.96. The third-order valence-corrected chi connectivity index (χ3v) is 5.96. The quantitative estimate of drug-likeness (QED) is 0.702. The van der Waals surface area contributed by atoms with Crippen molar-refractivity contribution in [1.82, 2.24) is 14.8 Å². The summed E-state index contributed by atoms with van der Waals surface area (Å²) in [5.74, 6) is 1.23. The molecular weight excluding hydrogens is 392 g/mol. The monoisotopic (exact) mass is 416 g/mol. The highest BCUT2D eigenvalue weighted by molar-refractivity contribution is 5.99. The van der Waals surface area contributed by atoms with Crippen molar-refractivity contribution in [3.05, 3.63) is 59.1 Å². The number of piperidine rings is 1. The van der Waals surface area contributed by atoms with Crippen LogP contribution >= 0.6 is 0 Å². The molecule has 3 aliphatic heterocycles. The van der Waals surface area contributed by atoms with Gasteiger partial charge in [0.25, 0.3) is 11.8 Å². The van der Waals surface area contributed by atoms with Gasteiger partial charge in [0.15, 0.2) is 11.6 Å². The van der Waals surface area contributed by atoms with Crippen molar-refractivity contribution in [2.75, 3.05) is 38.2 Å². The van der Waals surface area contributed by atoms with Crippen molar-refractivity contribution >= 4 is 29.4 Å². The molecule has 0 saturated carbocycles. The Morgan fingerprint density at radius 1 is 1.13 bits per heavy atom. The van der Waals surface area contributed by atoms with Gasteiger partial charge in [-0.05, 0) is 55.2 Å². The number of anilines is 2. The van der Waals surface area contributed by atoms with Gasteiger partial charge in [0.05, 0.1) is 12.1 Å². The van der Waals surface area contributed by atoms with Crippen LogP contribution in [0.5, 0.6) is 5.75 Å². The van der Waals surface area contributed by atoms with Crippen molar-refractivity contribution in [3.63, 3.8) is 0 Å². The molecule has 0 spiro atoms. The van der Waals surface area contributed by atoms with Gasteiger partial charge in [0.2, 0.25) is 0 Å². The van der Waals surface area contributed by atoms with Crippen LogP contribution in [-0.2, 0) is 0 Å². The van der Waals surface area contributed by atoms with E-state index in [1.165, 1.54) is 11.3 Å². The first-order valence-electron chi connectivity index (χ1n) is 10.7. The first-order valence-corrected chi connectivity index (χ1v) is 10.7. The SMILES string of the molecule is CN1C=C=Cc2cc(N3CCOc4cc(C(=O)N5CCCCC5)cnc43)ccc2C1=O. The topological polar surface area (TPSA) is 66.0 Å². The molecule has 0 radical (unpaired) electrons. The molecule has 7 heteroatoms. The first kappa shape index (κ1) is 19.4. The lowest BCUT2D eigenvalue weighted by Crippen LogP contribution is -2.36. The average Bonchev–Trinajstić information content (AvgIpc) is 2.96. The summed E-state index contributed by atoms with van der Waals surface area (Å²) in [7, 11) is 1.72. The summed E-state index contributed by atoms with van der Waals surface area (Å²) in [5.41, 5.74) is 5.97. The molecule has 2 aromatic rings. The maximum atomic E-state index is 12.9. The van der Waals surface area contributed by atoms with Crippen LogP contribution in [0.1, 0.15) is 45.5 Å². The fraction of sp³-hybridized carbons (Fsp3) is 0.333. The van der Waals surface area contributed by atoms with Gasteiger partial charge < -0.3 is 19.4 Å². The standard InChI is InChI=1S/C24H24N4O3/c1-26-9-5-6-17-14-19(7-8-20(17)24(26)30)28-12-13-31-21-15-18(16-25-22(21)28)23(29)27-10-3-2-4-11-27/h6-9,14-16H,2-4,10-13H2,1H3. The van der Waals surface area contributed by atoms with Gasteiger partial charge in [-0.25, -0.2) is 4.98 Å². The number of aromatic nitrogens is 1. The summed E-state index contributed by atoms with van der Waals surface area (Å²) < 4.78 is 5.86. The average molecular weight is 416 g/mol. The Balaban J connectivity index is 1.46. The second kappa shape index (κ2) is 7.93. The number of nitrogens with zero attached hydrogens (tertiary/aromatic N) is 4. The number of amides is 2. The lowest BCUT2D eigenvalue weighted by atomic mass is 10.0. The summed E-state index contributed by atoms with van der Waals surface area (Å²) in [4.78, 5) is 35.4. The largest absolute Gasteiger partial charge is 0.488 e. The molecule has 2 amide bonds. The first-order chi connectivity index (χ1) is 15.1. The van der Waals surface area contributed by atoms with E-state index < -0.39 is 0 Å². The molecular formula is C24H24N4O3. The Labute approximate surface area is 181 Å². The maximum Gasteiger partial charge on any atom is 0.258 e. The zero-order chi connectivity index (χ0) is 21.4. The Kier molecular flexibility index (Phi) is 4.96. The van der Waals surface area contributed by atoms with Gasteiger partial charge in [-0.3, -0.25) is 9.59 Å². The summed E-state index contributed by atoms with van der Waals surface area (Å²) in [6.07, 6.45) is 8.37. The second-order valence-corrected chi connectivity index (χ2v) is 8.03. The van der Waals surface area contributed by atoms with Crippen LogP contribution in [0, 0.1) is 0 Å². The van der Waals surface area contributed by atoms with Crippen LogP contribution in [0.25, 0.3) is 6.08 Å². The number of likely N-dealkylation sites (tertiary alicyclic amines) is 1. The van der Waals surface area contributed by atoms with Crippen LogP contribution in [0.15, 0.2) is 42.4 Å². The van der Waals surface area contributed by atoms with E-state index in [9.17, 15) is 9.59 Å². The minimum Gasteiger partial charge on any atom is -0.488 e. The Morgan fingerprint density at radius 3 is 2.81 bits per heavy atom. The Morgan fingerprint density at radius 2 is 1.97 bits per heavy atom. The predicted molar refractivity (Wildman–Crippen MR) is 118 cm³/mol. The Hall–Kier alpha value is -3.57. The van der Waals surface area contributed by atoms with Crippen molar-refractivity contribution in [2.45, 2.75) is 19.3 Å². The van der Waals surface area contributed by atoms with Gasteiger partial charge in [-0.15, -0.1) is 5.73 Å². The molecule has 0 bridgehead atoms. The molecule has 3 aliphatic rings. The number of rotatable bonds is 2. The smallest absolute Gasteiger partial charge is 0.258 e. The predicted octanol–water partition coefficient (Wildman–Crippen LogP) is 3.45. The fourth-order valence-corrected chi connectivity index (χ4v) is 4.27. The molecule has 7 nitrogen and oxygen atoms in total. The minimum absolute atomic E-state index is 0.0142. The highest BCUT2D eigenvalue weighted by atomic mass is 16.5. The molecule has 1 aromatic heterocycles. The minimum atomic E-state index is -0.0656. The normalized spacial score (nSPS) is 17.7. The number of fused-ring (bicyclic) bond motifs is 2. The van der Waals surface area contributed by atoms with Gasteiger partial charge in [0.1, 0.15) is 6.61 Å². The van der Waals surface area contributed by atoms with E-state index in [0.717, 1.165) is 37.2 Å². The number of benzene rings is 1. The third kappa shape index (κ3) is 3.57. The van der Waals surface area contributed by atoms with Gasteiger partial charge >= 0.3 is 0 Å². The van der Waals surface area contributed by atoms with E-state index in [0.29, 0.717) is 35.8 Å². The van der Waals surface area contributed by atoms with Crippen molar-refractivity contribution < 1.29 is 14.3 Å². The lowest BCUT2D eigenvalue weighted by Gasteiger charge is -2.31. The fourth-order valence-electron chi connectivity index (χ4n) is 4.27. The van der Waals surface area contributed by atoms with E-state index >= 15 is 0 Å². The Bertz CT molecular complexity index is 1110. The van der Waals surface area contributed by atoms with Gasteiger partial charge in [-0.1, -0.05) is 0 Å². The zero-order valence-corrected chi connectivity index (χ0v) is 17.5. The summed E-state index contributed by atoms with van der Waals surface area (Å²) in [5, 5.41) is 0. The molecule has 158 valence electrons. The molecule has 0 unspecified atom stereocenters. The zero-order valence-electron chi connectivity index (χ0n) is 17.5. The van der Waals surface area contributed by atoms with Crippen LogP contribution in [0.4, 0.5) is 11.5 Å². The summed E-state index contributed by atoms with van der Waals surface area (Å²) >= 11 is 0. The molecule has 0 aliphatic carbocycles. The lowest BCUT2D eigenvalue weighted by molar-refractivity contribution is 0.0723. The van der Waals surface area contributed by atoms with E-state index in [-0.39, 0.29) is 11.8 Å². The number of carbonyl (C=O) groups excluding carboxylic acids is 2. The molecule has 5 rings (SSSR count). The molecule has 0 atom stereocenters. The molecule has 1 saturated heterocycles. The van der Waals surface area contributed by atoms with E-state index in [2.05, 4.69) is 15.6 Å². The molecule has 31 heavy (non-hydrogen) atoms. The van der Waals surface area contributed by atoms with Gasteiger partial charge in [-0.2, -0.15) is 0 Å². The number of carbonyl (C=O) groups is 2. The van der Waals surface area contributed by atoms with Crippen molar-refractivity contribution in [1.29, 1.82) is 0 Å². The highest BCUT2D eigenvalue weighted by Gasteiger charge is 2.26. The van der Waals surface area contributed by atoms with Crippen LogP contribution in [0.2, 0.25) is 0 Å². The molecule has 4 heterocycles. The number of ether oxygens (including phenoxy) is 1. The van der Waals surface area contributed by atoms with Gasteiger partial charge in [0, 0.05) is 43.8 Å². The summed E-state index contributed by atoms with van der Waals surface area (Å²) in [6.45, 7) is 2.72. The van der Waals surface area contributed by atoms with Crippen LogP contribution in [0.3, 0.4) is 0 Å². The molecule has 1 aromatic carbocycles. The molecule has 0 N–H and O–H groups in total. The van der Waals surface area contributed by atoms with Crippen molar-refractivity contribution in [3.8, 4) is 5.75 Å². The highest BCUT2D eigenvalue weighted by Crippen LogP contribution is 2.36.